The molecule has 134 valence electrons. The second-order valence-corrected chi connectivity index (χ2v) is 7.78. The molecule has 2 bridgehead atoms. The van der Waals surface area contributed by atoms with Crippen molar-refractivity contribution in [3.63, 3.8) is 0 Å². The monoisotopic (exact) mass is 337 g/mol. The van der Waals surface area contributed by atoms with Gasteiger partial charge in [-0.3, -0.25) is 14.5 Å². The van der Waals surface area contributed by atoms with E-state index in [-0.39, 0.29) is 25.1 Å². The minimum Gasteiger partial charge on any atom is -0.382 e. The van der Waals surface area contributed by atoms with Crippen LogP contribution in [0.25, 0.3) is 0 Å². The molecule has 0 radical (unpaired) electrons. The van der Waals surface area contributed by atoms with Gasteiger partial charge in [0.1, 0.15) is 12.1 Å². The lowest BCUT2D eigenvalue weighted by atomic mass is 9.84. The molecule has 0 aromatic rings. The number of carbonyl (C=O) groups excluding carboxylic acids is 3. The van der Waals surface area contributed by atoms with Gasteiger partial charge in [0, 0.05) is 13.2 Å². The van der Waals surface area contributed by atoms with Crippen molar-refractivity contribution in [2.45, 2.75) is 51.1 Å². The highest BCUT2D eigenvalue weighted by atomic mass is 16.5. The predicted molar refractivity (Wildman–Crippen MR) is 87.1 cm³/mol. The maximum absolute atomic E-state index is 12.4. The molecule has 4 amide bonds. The third-order valence-corrected chi connectivity index (χ3v) is 5.90. The molecule has 0 aromatic carbocycles. The zero-order valence-electron chi connectivity index (χ0n) is 14.6. The molecule has 3 rings (SSSR count). The highest BCUT2D eigenvalue weighted by Crippen LogP contribution is 2.49. The lowest BCUT2D eigenvalue weighted by molar-refractivity contribution is -0.136. The number of nitrogens with one attached hydrogen (secondary N) is 2. The van der Waals surface area contributed by atoms with Gasteiger partial charge in [0.15, 0.2) is 0 Å². The van der Waals surface area contributed by atoms with E-state index in [1.54, 1.807) is 6.92 Å². The second kappa shape index (κ2) is 6.35. The van der Waals surface area contributed by atoms with Gasteiger partial charge in [-0.25, -0.2) is 4.79 Å². The summed E-state index contributed by atoms with van der Waals surface area (Å²) in [7, 11) is 1.47. The summed E-state index contributed by atoms with van der Waals surface area (Å²) in [4.78, 5) is 37.7. The Kier molecular flexibility index (Phi) is 4.55. The standard InChI is InChI=1S/C17H27N3O4/c1-10(13-7-11-4-5-12(13)6-11)18-14(21)8-20-15(22)17(2,9-24-3)19-16(20)23/h10-13H,4-9H2,1-3H3,(H,18,21)(H,19,23)/t10-,11+,12+,13+,17+/m1/s1. The van der Waals surface area contributed by atoms with Gasteiger partial charge >= 0.3 is 6.03 Å². The number of urea groups is 1. The summed E-state index contributed by atoms with van der Waals surface area (Å²) in [6, 6.07) is -0.457. The number of methoxy groups -OCH3 is 1. The Bertz CT molecular complexity index is 552. The van der Waals surface area contributed by atoms with Crippen LogP contribution in [-0.4, -0.2) is 54.6 Å². The van der Waals surface area contributed by atoms with Crippen molar-refractivity contribution in [1.82, 2.24) is 15.5 Å². The van der Waals surface area contributed by atoms with Crippen LogP contribution in [0.2, 0.25) is 0 Å². The van der Waals surface area contributed by atoms with E-state index in [0.29, 0.717) is 11.8 Å². The molecule has 1 heterocycles. The van der Waals surface area contributed by atoms with Gasteiger partial charge < -0.3 is 15.4 Å². The maximum Gasteiger partial charge on any atom is 0.325 e. The van der Waals surface area contributed by atoms with Gasteiger partial charge in [0.2, 0.25) is 5.91 Å². The van der Waals surface area contributed by atoms with E-state index in [4.69, 9.17) is 4.74 Å². The van der Waals surface area contributed by atoms with Gasteiger partial charge in [-0.15, -0.1) is 0 Å². The molecule has 5 atom stereocenters. The van der Waals surface area contributed by atoms with Crippen LogP contribution in [0, 0.1) is 17.8 Å². The fourth-order valence-electron chi connectivity index (χ4n) is 4.73. The normalized spacial score (nSPS) is 36.1. The molecule has 2 N–H and O–H groups in total. The van der Waals surface area contributed by atoms with Crippen molar-refractivity contribution < 1.29 is 19.1 Å². The van der Waals surface area contributed by atoms with Gasteiger partial charge in [-0.05, 0) is 50.9 Å². The number of hydrogen-bond acceptors (Lipinski definition) is 4. The van der Waals surface area contributed by atoms with Crippen LogP contribution in [0.15, 0.2) is 0 Å². The minimum absolute atomic E-state index is 0.0806. The van der Waals surface area contributed by atoms with Crippen LogP contribution in [0.1, 0.15) is 39.5 Å². The Balaban J connectivity index is 1.55. The third-order valence-electron chi connectivity index (χ3n) is 5.90. The highest BCUT2D eigenvalue weighted by molar-refractivity contribution is 6.08. The fourth-order valence-corrected chi connectivity index (χ4v) is 4.73. The van der Waals surface area contributed by atoms with Crippen molar-refractivity contribution in [2.24, 2.45) is 17.8 Å². The topological polar surface area (TPSA) is 87.7 Å². The number of amides is 4. The van der Waals surface area contributed by atoms with E-state index in [0.717, 1.165) is 10.8 Å². The largest absolute Gasteiger partial charge is 0.382 e. The molecule has 7 heteroatoms. The fraction of sp³-hybridized carbons (Fsp3) is 0.824. The number of ether oxygens (including phenoxy) is 1. The van der Waals surface area contributed by atoms with Crippen molar-refractivity contribution in [2.75, 3.05) is 20.3 Å². The number of imide groups is 1. The van der Waals surface area contributed by atoms with Crippen molar-refractivity contribution in [1.29, 1.82) is 0 Å². The highest BCUT2D eigenvalue weighted by Gasteiger charge is 2.48. The molecule has 2 aliphatic carbocycles. The summed E-state index contributed by atoms with van der Waals surface area (Å²) >= 11 is 0. The average Bonchev–Trinajstić information content (AvgIpc) is 3.18. The van der Waals surface area contributed by atoms with E-state index in [2.05, 4.69) is 10.6 Å². The predicted octanol–water partition coefficient (Wildman–Crippen LogP) is 0.884. The van der Waals surface area contributed by atoms with Gasteiger partial charge in [0.25, 0.3) is 5.91 Å². The van der Waals surface area contributed by atoms with Gasteiger partial charge in [-0.1, -0.05) is 6.42 Å². The summed E-state index contributed by atoms with van der Waals surface area (Å²) < 4.78 is 5.00. The number of rotatable bonds is 6. The lowest BCUT2D eigenvalue weighted by Crippen LogP contribution is -2.49. The molecule has 1 saturated heterocycles. The number of fused-ring (bicyclic) bond motifs is 2. The first-order valence-electron chi connectivity index (χ1n) is 8.76. The summed E-state index contributed by atoms with van der Waals surface area (Å²) in [5.41, 5.74) is -1.09. The zero-order valence-corrected chi connectivity index (χ0v) is 14.6. The van der Waals surface area contributed by atoms with Gasteiger partial charge in [-0.2, -0.15) is 0 Å². The molecule has 24 heavy (non-hydrogen) atoms. The Morgan fingerprint density at radius 3 is 2.75 bits per heavy atom. The quantitative estimate of drug-likeness (QED) is 0.705. The van der Waals surface area contributed by atoms with E-state index < -0.39 is 17.5 Å². The summed E-state index contributed by atoms with van der Waals surface area (Å²) in [5, 5.41) is 5.59. The molecule has 3 aliphatic rings. The van der Waals surface area contributed by atoms with Crippen molar-refractivity contribution >= 4 is 17.8 Å². The minimum atomic E-state index is -1.09. The van der Waals surface area contributed by atoms with E-state index in [9.17, 15) is 14.4 Å². The van der Waals surface area contributed by atoms with Crippen LogP contribution in [-0.2, 0) is 14.3 Å². The first kappa shape index (κ1) is 17.2. The van der Waals surface area contributed by atoms with Crippen LogP contribution >= 0.6 is 0 Å². The number of hydrogen-bond donors (Lipinski definition) is 2. The summed E-state index contributed by atoms with van der Waals surface area (Å²) in [6.45, 7) is 3.48. The number of nitrogens with zero attached hydrogens (tertiary/aromatic N) is 1. The maximum atomic E-state index is 12.4. The molecule has 1 aliphatic heterocycles. The molecular formula is C17H27N3O4. The molecule has 3 fully saturated rings. The average molecular weight is 337 g/mol. The third kappa shape index (κ3) is 3.01. The van der Waals surface area contributed by atoms with E-state index >= 15 is 0 Å². The molecule has 7 nitrogen and oxygen atoms in total. The second-order valence-electron chi connectivity index (χ2n) is 7.78. The molecule has 0 unspecified atom stereocenters. The Labute approximate surface area is 142 Å². The molecule has 2 saturated carbocycles. The Morgan fingerprint density at radius 1 is 1.42 bits per heavy atom. The first-order valence-corrected chi connectivity index (χ1v) is 8.76. The summed E-state index contributed by atoms with van der Waals surface area (Å²) in [5.74, 6) is 1.36. The van der Waals surface area contributed by atoms with Crippen LogP contribution in [0.5, 0.6) is 0 Å². The Morgan fingerprint density at radius 2 is 2.17 bits per heavy atom. The lowest BCUT2D eigenvalue weighted by Gasteiger charge is -2.29. The first-order chi connectivity index (χ1) is 11.3. The SMILES string of the molecule is COC[C@]1(C)NC(=O)N(CC(=O)N[C@H](C)[C@@H]2C[C@H]3CC[C@H]2C3)C1=O. The van der Waals surface area contributed by atoms with E-state index in [1.807, 2.05) is 6.92 Å². The smallest absolute Gasteiger partial charge is 0.325 e. The summed E-state index contributed by atoms with van der Waals surface area (Å²) in [6.07, 6.45) is 5.05. The zero-order chi connectivity index (χ0) is 17.5. The van der Waals surface area contributed by atoms with E-state index in [1.165, 1.54) is 32.8 Å². The van der Waals surface area contributed by atoms with Crippen molar-refractivity contribution in [3.05, 3.63) is 0 Å². The number of carbonyl (C=O) groups is 3. The van der Waals surface area contributed by atoms with Crippen LogP contribution in [0.3, 0.4) is 0 Å². The Hall–Kier alpha value is -1.63. The van der Waals surface area contributed by atoms with Crippen LogP contribution < -0.4 is 10.6 Å². The van der Waals surface area contributed by atoms with Gasteiger partial charge in [0.05, 0.1) is 6.61 Å². The van der Waals surface area contributed by atoms with Crippen LogP contribution in [0.4, 0.5) is 4.79 Å². The molecule has 0 aromatic heterocycles. The van der Waals surface area contributed by atoms with Crippen molar-refractivity contribution in [3.8, 4) is 0 Å². The molecule has 0 spiro atoms. The molecular weight excluding hydrogens is 310 g/mol.